The average Bonchev–Trinajstić information content (AvgIpc) is 2.60. The van der Waals surface area contributed by atoms with Gasteiger partial charge in [0.1, 0.15) is 18.6 Å². The third-order valence-corrected chi connectivity index (χ3v) is 3.50. The van der Waals surface area contributed by atoms with Gasteiger partial charge in [-0.05, 0) is 6.42 Å². The molecule has 168 valence electrons. The second-order valence-corrected chi connectivity index (χ2v) is 6.11. The van der Waals surface area contributed by atoms with Crippen LogP contribution >= 0.6 is 0 Å². The maximum absolute atomic E-state index is 12.4. The predicted octanol–water partition coefficient (Wildman–Crippen LogP) is -4.90. The smallest absolute Gasteiger partial charge is 0.322 e. The van der Waals surface area contributed by atoms with Gasteiger partial charge in [-0.1, -0.05) is 0 Å². The van der Waals surface area contributed by atoms with E-state index in [2.05, 4.69) is 5.32 Å². The third-order valence-electron chi connectivity index (χ3n) is 3.50. The summed E-state index contributed by atoms with van der Waals surface area (Å²) in [5.74, 6) is -7.72. The maximum atomic E-state index is 12.4. The number of aliphatic carboxylic acids is 2. The van der Waals surface area contributed by atoms with Gasteiger partial charge in [0.05, 0.1) is 18.9 Å². The highest BCUT2D eigenvalue weighted by Crippen LogP contribution is 2.02. The van der Waals surface area contributed by atoms with Crippen LogP contribution in [0.4, 0.5) is 0 Å². The molecule has 0 bridgehead atoms. The Morgan fingerprint density at radius 1 is 0.733 bits per heavy atom. The van der Waals surface area contributed by atoms with Crippen LogP contribution in [-0.4, -0.2) is 76.4 Å². The number of nitrogens with two attached hydrogens (primary N) is 3. The van der Waals surface area contributed by atoms with Gasteiger partial charge in [0, 0.05) is 6.42 Å². The monoisotopic (exact) mass is 432 g/mol. The van der Waals surface area contributed by atoms with Crippen LogP contribution in [0.15, 0.2) is 0 Å². The van der Waals surface area contributed by atoms with Gasteiger partial charge in [-0.3, -0.25) is 33.6 Å². The molecule has 11 N–H and O–H groups in total. The summed E-state index contributed by atoms with van der Waals surface area (Å²) in [6.07, 6.45) is -2.14. The number of carboxylic acid groups (broad SMARTS) is 2. The van der Waals surface area contributed by atoms with Gasteiger partial charge in [0.25, 0.3) is 0 Å². The van der Waals surface area contributed by atoms with Gasteiger partial charge in [-0.15, -0.1) is 0 Å². The summed E-state index contributed by atoms with van der Waals surface area (Å²) in [7, 11) is 0. The minimum absolute atomic E-state index is 0.318. The second-order valence-electron chi connectivity index (χ2n) is 6.11. The van der Waals surface area contributed by atoms with Gasteiger partial charge in [0.2, 0.25) is 29.5 Å². The van der Waals surface area contributed by atoms with Crippen molar-refractivity contribution in [2.75, 3.05) is 6.54 Å². The molecule has 15 nitrogen and oxygen atoms in total. The van der Waals surface area contributed by atoms with Crippen molar-refractivity contribution in [3.05, 3.63) is 0 Å². The van der Waals surface area contributed by atoms with Crippen LogP contribution in [0.3, 0.4) is 0 Å². The minimum atomic E-state index is -1.70. The summed E-state index contributed by atoms with van der Waals surface area (Å²) in [6.45, 7) is -0.779. The largest absolute Gasteiger partial charge is 0.481 e. The van der Waals surface area contributed by atoms with E-state index in [9.17, 15) is 33.6 Å². The summed E-state index contributed by atoms with van der Waals surface area (Å²) in [5, 5.41) is 23.7. The van der Waals surface area contributed by atoms with E-state index in [1.807, 2.05) is 10.6 Å². The second kappa shape index (κ2) is 12.7. The number of rotatable bonds is 14. The van der Waals surface area contributed by atoms with Crippen molar-refractivity contribution in [2.45, 2.75) is 43.8 Å². The molecule has 0 rings (SSSR count). The van der Waals surface area contributed by atoms with Gasteiger partial charge in [-0.2, -0.15) is 0 Å². The van der Waals surface area contributed by atoms with E-state index in [4.69, 9.17) is 27.4 Å². The summed E-state index contributed by atoms with van der Waals surface area (Å²) in [5.41, 5.74) is 15.3. The van der Waals surface area contributed by atoms with Crippen molar-refractivity contribution >= 4 is 41.5 Å². The van der Waals surface area contributed by atoms with E-state index in [1.165, 1.54) is 0 Å². The lowest BCUT2D eigenvalue weighted by Crippen LogP contribution is -2.56. The number of carbonyl (C=O) groups is 7. The first-order valence-electron chi connectivity index (χ1n) is 8.47. The SMILES string of the molecule is NC(=O)CCC(NC(=O)C(CC(=O)O)NC(=O)C(N)CC(N)=O)C(=O)NCC(=O)O. The quantitative estimate of drug-likeness (QED) is 0.129. The molecule has 0 spiro atoms. The number of nitrogens with one attached hydrogen (secondary N) is 3. The Balaban J connectivity index is 5.33. The van der Waals surface area contributed by atoms with E-state index in [1.54, 1.807) is 0 Å². The van der Waals surface area contributed by atoms with E-state index in [0.29, 0.717) is 0 Å². The normalized spacial score (nSPS) is 13.2. The first-order chi connectivity index (χ1) is 13.8. The first kappa shape index (κ1) is 26.2. The van der Waals surface area contributed by atoms with Gasteiger partial charge in [0.15, 0.2) is 0 Å². The molecule has 0 aliphatic carbocycles. The minimum Gasteiger partial charge on any atom is -0.481 e. The van der Waals surface area contributed by atoms with Crippen LogP contribution in [0.5, 0.6) is 0 Å². The number of hydrogen-bond acceptors (Lipinski definition) is 8. The third kappa shape index (κ3) is 11.2. The van der Waals surface area contributed by atoms with Crippen molar-refractivity contribution in [3.8, 4) is 0 Å². The van der Waals surface area contributed by atoms with Crippen LogP contribution < -0.4 is 33.2 Å². The van der Waals surface area contributed by atoms with E-state index >= 15 is 0 Å². The molecular formula is C15H24N6O9. The average molecular weight is 432 g/mol. The van der Waals surface area contributed by atoms with E-state index < -0.39 is 79.0 Å². The molecule has 0 aliphatic heterocycles. The zero-order valence-corrected chi connectivity index (χ0v) is 15.8. The molecule has 0 aliphatic rings. The highest BCUT2D eigenvalue weighted by atomic mass is 16.4. The molecule has 15 heteroatoms. The molecule has 0 fully saturated rings. The number of primary amides is 2. The molecular weight excluding hydrogens is 408 g/mol. The maximum Gasteiger partial charge on any atom is 0.322 e. The Morgan fingerprint density at radius 2 is 1.30 bits per heavy atom. The number of carbonyl (C=O) groups excluding carboxylic acids is 5. The topological polar surface area (TPSA) is 274 Å². The number of carboxylic acids is 2. The molecule has 0 radical (unpaired) electrons. The van der Waals surface area contributed by atoms with Gasteiger partial charge in [-0.25, -0.2) is 0 Å². The Kier molecular flexibility index (Phi) is 11.1. The molecule has 0 aromatic rings. The van der Waals surface area contributed by atoms with Crippen LogP contribution in [0, 0.1) is 0 Å². The van der Waals surface area contributed by atoms with Crippen molar-refractivity contribution in [1.29, 1.82) is 0 Å². The van der Waals surface area contributed by atoms with Crippen molar-refractivity contribution in [2.24, 2.45) is 17.2 Å². The summed E-state index contributed by atoms with van der Waals surface area (Å²) in [4.78, 5) is 79.8. The van der Waals surface area contributed by atoms with Gasteiger partial charge < -0.3 is 43.4 Å². The molecule has 3 atom stereocenters. The Hall–Kier alpha value is -3.75. The molecule has 3 unspecified atom stereocenters. The highest BCUT2D eigenvalue weighted by molar-refractivity contribution is 5.96. The molecule has 0 heterocycles. The Morgan fingerprint density at radius 3 is 1.77 bits per heavy atom. The zero-order valence-electron chi connectivity index (χ0n) is 15.8. The molecule has 0 aromatic carbocycles. The first-order valence-corrected chi connectivity index (χ1v) is 8.47. The van der Waals surface area contributed by atoms with Crippen molar-refractivity contribution in [1.82, 2.24) is 16.0 Å². The van der Waals surface area contributed by atoms with Crippen LogP contribution in [0.2, 0.25) is 0 Å². The van der Waals surface area contributed by atoms with Crippen LogP contribution in [-0.2, 0) is 33.6 Å². The van der Waals surface area contributed by atoms with Crippen molar-refractivity contribution < 1.29 is 43.8 Å². The number of hydrogen-bond donors (Lipinski definition) is 8. The Bertz CT molecular complexity index is 711. The van der Waals surface area contributed by atoms with Crippen molar-refractivity contribution in [3.63, 3.8) is 0 Å². The summed E-state index contributed by atoms with van der Waals surface area (Å²) < 4.78 is 0. The highest BCUT2D eigenvalue weighted by Gasteiger charge is 2.30. The lowest BCUT2D eigenvalue weighted by atomic mass is 10.1. The molecule has 0 aromatic heterocycles. The lowest BCUT2D eigenvalue weighted by molar-refractivity contribution is -0.141. The fourth-order valence-corrected chi connectivity index (χ4v) is 2.09. The predicted molar refractivity (Wildman–Crippen MR) is 97.0 cm³/mol. The van der Waals surface area contributed by atoms with E-state index in [0.717, 1.165) is 0 Å². The molecule has 5 amide bonds. The number of amides is 5. The Labute approximate surface area is 169 Å². The van der Waals surface area contributed by atoms with Crippen LogP contribution in [0.1, 0.15) is 25.7 Å². The van der Waals surface area contributed by atoms with E-state index in [-0.39, 0.29) is 12.8 Å². The van der Waals surface area contributed by atoms with Crippen LogP contribution in [0.25, 0.3) is 0 Å². The lowest BCUT2D eigenvalue weighted by Gasteiger charge is -2.23. The zero-order chi connectivity index (χ0) is 23.4. The summed E-state index contributed by atoms with van der Waals surface area (Å²) in [6, 6.07) is -4.59. The summed E-state index contributed by atoms with van der Waals surface area (Å²) >= 11 is 0. The molecule has 0 saturated carbocycles. The molecule has 30 heavy (non-hydrogen) atoms. The standard InChI is InChI=1S/C15H24N6O9/c16-6(3-10(18)23)13(28)21-8(4-11(24)25)15(30)20-7(1-2-9(17)22)14(29)19-5-12(26)27/h6-8H,1-5,16H2,(H2,17,22)(H2,18,23)(H,19,29)(H,20,30)(H,21,28)(H,24,25)(H,26,27). The fourth-order valence-electron chi connectivity index (χ4n) is 2.09. The van der Waals surface area contributed by atoms with Gasteiger partial charge >= 0.3 is 11.9 Å². The fraction of sp³-hybridized carbons (Fsp3) is 0.533. The molecule has 0 saturated heterocycles.